The number of aryl methyl sites for hydroxylation is 1. The highest BCUT2D eigenvalue weighted by Crippen LogP contribution is 2.33. The first-order chi connectivity index (χ1) is 15.5. The van der Waals surface area contributed by atoms with E-state index in [0.717, 1.165) is 16.8 Å². The molecule has 1 amide bonds. The van der Waals surface area contributed by atoms with Crippen molar-refractivity contribution in [2.45, 2.75) is 13.1 Å². The molecule has 0 spiro atoms. The summed E-state index contributed by atoms with van der Waals surface area (Å²) in [7, 11) is 0. The van der Waals surface area contributed by atoms with E-state index in [0.29, 0.717) is 48.7 Å². The highest BCUT2D eigenvalue weighted by molar-refractivity contribution is 5.95. The van der Waals surface area contributed by atoms with Gasteiger partial charge in [-0.15, -0.1) is 0 Å². The van der Waals surface area contributed by atoms with Gasteiger partial charge < -0.3 is 15.0 Å². The molecule has 3 aromatic rings. The molecular weight excluding hydrogens is 414 g/mol. The van der Waals surface area contributed by atoms with Crippen molar-refractivity contribution in [3.8, 4) is 5.75 Å². The predicted octanol–water partition coefficient (Wildman–Crippen LogP) is 3.85. The van der Waals surface area contributed by atoms with Gasteiger partial charge in [0.2, 0.25) is 0 Å². The van der Waals surface area contributed by atoms with Crippen LogP contribution in [0, 0.1) is 12.7 Å². The summed E-state index contributed by atoms with van der Waals surface area (Å²) < 4.78 is 34.6. The second-order valence-corrected chi connectivity index (χ2v) is 8.29. The first kappa shape index (κ1) is 20.6. The topological polar surface area (TPSA) is 57.7 Å². The minimum atomic E-state index is -1.19. The number of piperazine rings is 1. The first-order valence-electron chi connectivity index (χ1n) is 10.7. The molecule has 1 atom stereocenters. The van der Waals surface area contributed by atoms with Crippen LogP contribution >= 0.6 is 0 Å². The predicted molar refractivity (Wildman–Crippen MR) is 120 cm³/mol. The van der Waals surface area contributed by atoms with Crippen LogP contribution in [0.4, 0.5) is 20.2 Å². The summed E-state index contributed by atoms with van der Waals surface area (Å²) in [5.74, 6) is 0.0120. The quantitative estimate of drug-likeness (QED) is 0.671. The van der Waals surface area contributed by atoms with E-state index in [9.17, 15) is 9.18 Å². The van der Waals surface area contributed by atoms with Crippen molar-refractivity contribution in [1.29, 1.82) is 0 Å². The van der Waals surface area contributed by atoms with Crippen molar-refractivity contribution in [3.05, 3.63) is 59.5 Å². The number of fused-ring (bicyclic) bond motifs is 2. The molecule has 5 rings (SSSR count). The Balaban J connectivity index is 1.25. The molecule has 1 saturated heterocycles. The fourth-order valence-electron chi connectivity index (χ4n) is 4.34. The highest BCUT2D eigenvalue weighted by Gasteiger charge is 2.24. The molecule has 0 saturated carbocycles. The van der Waals surface area contributed by atoms with Crippen LogP contribution in [0.2, 0.25) is 0 Å². The summed E-state index contributed by atoms with van der Waals surface area (Å²) >= 11 is 0. The van der Waals surface area contributed by atoms with Gasteiger partial charge in [0, 0.05) is 55.6 Å². The number of anilines is 2. The van der Waals surface area contributed by atoms with Crippen molar-refractivity contribution >= 4 is 28.2 Å². The number of hydrogen-bond acceptors (Lipinski definition) is 5. The van der Waals surface area contributed by atoms with Gasteiger partial charge in [0.05, 0.1) is 11.2 Å². The lowest BCUT2D eigenvalue weighted by atomic mass is 10.1. The number of hydrogen-bond donors (Lipinski definition) is 1. The molecule has 6 nitrogen and oxygen atoms in total. The Labute approximate surface area is 184 Å². The zero-order chi connectivity index (χ0) is 22.2. The van der Waals surface area contributed by atoms with E-state index in [4.69, 9.17) is 4.74 Å². The Bertz CT molecular complexity index is 1170. The molecule has 1 N–H and O–H groups in total. The Morgan fingerprint density at radius 2 is 1.94 bits per heavy atom. The van der Waals surface area contributed by atoms with Crippen LogP contribution in [0.5, 0.6) is 5.75 Å². The number of nitrogens with zero attached hydrogens (tertiary/aromatic N) is 3. The first-order valence-corrected chi connectivity index (χ1v) is 10.7. The Kier molecular flexibility index (Phi) is 5.38. The molecule has 0 radical (unpaired) electrons. The second-order valence-electron chi connectivity index (χ2n) is 8.29. The van der Waals surface area contributed by atoms with Crippen LogP contribution in [0.25, 0.3) is 10.9 Å². The number of nitrogens with one attached hydrogen (secondary N) is 1. The lowest BCUT2D eigenvalue weighted by molar-refractivity contribution is -0.118. The van der Waals surface area contributed by atoms with Crippen molar-refractivity contribution in [2.24, 2.45) is 0 Å². The molecule has 2 aliphatic rings. The van der Waals surface area contributed by atoms with Gasteiger partial charge in [-0.05, 0) is 42.8 Å². The molecule has 2 aliphatic heterocycles. The summed E-state index contributed by atoms with van der Waals surface area (Å²) in [5, 5.41) is 3.64. The van der Waals surface area contributed by atoms with Crippen LogP contribution in [-0.2, 0) is 4.79 Å². The lowest BCUT2D eigenvalue weighted by Crippen LogP contribution is -2.47. The molecule has 166 valence electrons. The molecule has 1 unspecified atom stereocenters. The summed E-state index contributed by atoms with van der Waals surface area (Å²) in [6.07, 6.45) is -1.19. The Hall–Kier alpha value is -3.26. The van der Waals surface area contributed by atoms with Crippen molar-refractivity contribution in [3.63, 3.8) is 0 Å². The van der Waals surface area contributed by atoms with Gasteiger partial charge in [0.25, 0.3) is 5.91 Å². The number of rotatable bonds is 4. The zero-order valence-electron chi connectivity index (χ0n) is 17.8. The van der Waals surface area contributed by atoms with E-state index < -0.39 is 6.17 Å². The normalized spacial score (nSPS) is 17.6. The van der Waals surface area contributed by atoms with E-state index >= 15 is 4.39 Å². The summed E-state index contributed by atoms with van der Waals surface area (Å²) in [4.78, 5) is 20.2. The third-order valence-electron chi connectivity index (χ3n) is 6.02. The lowest BCUT2D eigenvalue weighted by Gasteiger charge is -2.37. The van der Waals surface area contributed by atoms with Crippen LogP contribution in [-0.4, -0.2) is 55.1 Å². The molecule has 8 heteroatoms. The maximum atomic E-state index is 15.0. The van der Waals surface area contributed by atoms with Crippen LogP contribution in [0.15, 0.2) is 42.5 Å². The number of carbonyl (C=O) groups is 1. The third kappa shape index (κ3) is 4.10. The maximum absolute atomic E-state index is 15.0. The van der Waals surface area contributed by atoms with Gasteiger partial charge in [-0.3, -0.25) is 14.7 Å². The number of aromatic nitrogens is 1. The average Bonchev–Trinajstić information content (AvgIpc) is 2.78. The number of halogens is 2. The van der Waals surface area contributed by atoms with E-state index in [2.05, 4.69) is 20.1 Å². The summed E-state index contributed by atoms with van der Waals surface area (Å²) in [5.41, 5.74) is 3.34. The SMILES string of the molecule is Cc1ccc2c(N3CCN(CC(F)c4ccc5c(c4)NC(=O)CO5)CC3)cc(F)cc2n1. The summed E-state index contributed by atoms with van der Waals surface area (Å²) in [6.45, 7) is 4.81. The van der Waals surface area contributed by atoms with Crippen molar-refractivity contribution in [1.82, 2.24) is 9.88 Å². The van der Waals surface area contributed by atoms with Gasteiger partial charge in [-0.25, -0.2) is 8.78 Å². The van der Waals surface area contributed by atoms with Crippen molar-refractivity contribution < 1.29 is 18.3 Å². The van der Waals surface area contributed by atoms with Gasteiger partial charge in [-0.1, -0.05) is 6.07 Å². The molecule has 0 aliphatic carbocycles. The maximum Gasteiger partial charge on any atom is 0.262 e. The number of alkyl halides is 1. The monoisotopic (exact) mass is 438 g/mol. The molecule has 3 heterocycles. The van der Waals surface area contributed by atoms with E-state index in [1.54, 1.807) is 24.3 Å². The minimum absolute atomic E-state index is 0.0219. The largest absolute Gasteiger partial charge is 0.482 e. The van der Waals surface area contributed by atoms with Gasteiger partial charge in [0.15, 0.2) is 6.61 Å². The fourth-order valence-corrected chi connectivity index (χ4v) is 4.34. The number of amides is 1. The number of carbonyl (C=O) groups excluding carboxylic acids is 1. The number of benzene rings is 2. The minimum Gasteiger partial charge on any atom is -0.482 e. The highest BCUT2D eigenvalue weighted by atomic mass is 19.1. The summed E-state index contributed by atoms with van der Waals surface area (Å²) in [6, 6.07) is 12.0. The van der Waals surface area contributed by atoms with E-state index in [-0.39, 0.29) is 24.9 Å². The van der Waals surface area contributed by atoms with Gasteiger partial charge in [0.1, 0.15) is 17.7 Å². The molecule has 32 heavy (non-hydrogen) atoms. The van der Waals surface area contributed by atoms with Crippen LogP contribution < -0.4 is 15.0 Å². The second kappa shape index (κ2) is 8.35. The Morgan fingerprint density at radius 3 is 2.75 bits per heavy atom. The fraction of sp³-hybridized carbons (Fsp3) is 0.333. The number of pyridine rings is 1. The van der Waals surface area contributed by atoms with E-state index in [1.807, 2.05) is 19.1 Å². The van der Waals surface area contributed by atoms with Gasteiger partial charge in [-0.2, -0.15) is 0 Å². The third-order valence-corrected chi connectivity index (χ3v) is 6.02. The molecule has 1 fully saturated rings. The standard InChI is InChI=1S/C24H24F2N4O2/c1-15-2-4-18-20(27-15)11-17(25)12-22(18)30-8-6-29(7-9-30)13-19(26)16-3-5-23-21(10-16)28-24(31)14-32-23/h2-5,10-12,19H,6-9,13-14H2,1H3,(H,28,31). The Morgan fingerprint density at radius 1 is 1.12 bits per heavy atom. The smallest absolute Gasteiger partial charge is 0.262 e. The molecule has 2 aromatic carbocycles. The molecule has 1 aromatic heterocycles. The average molecular weight is 438 g/mol. The van der Waals surface area contributed by atoms with Crippen LogP contribution in [0.3, 0.4) is 0 Å². The van der Waals surface area contributed by atoms with Crippen molar-refractivity contribution in [2.75, 3.05) is 49.5 Å². The number of ether oxygens (including phenoxy) is 1. The molecular formula is C24H24F2N4O2. The molecule has 0 bridgehead atoms. The zero-order valence-corrected chi connectivity index (χ0v) is 17.8. The van der Waals surface area contributed by atoms with Crippen LogP contribution in [0.1, 0.15) is 17.4 Å². The van der Waals surface area contributed by atoms with E-state index in [1.165, 1.54) is 6.07 Å². The van der Waals surface area contributed by atoms with Gasteiger partial charge >= 0.3 is 0 Å².